The minimum atomic E-state index is 0.754. The Labute approximate surface area is 133 Å². The summed E-state index contributed by atoms with van der Waals surface area (Å²) in [5.74, 6) is 3.98. The van der Waals surface area contributed by atoms with E-state index >= 15 is 0 Å². The number of thioether (sulfide) groups is 1. The second-order valence-corrected chi connectivity index (χ2v) is 7.53. The summed E-state index contributed by atoms with van der Waals surface area (Å²) in [4.78, 5) is 0. The van der Waals surface area contributed by atoms with E-state index in [1.54, 1.807) is 0 Å². The minimum Gasteiger partial charge on any atom is -0.179 e. The SMILES string of the molecule is SCCCC(CCS)SC(CCS)CCCS. The molecule has 0 aromatic heterocycles. The van der Waals surface area contributed by atoms with Crippen LogP contribution in [0.4, 0.5) is 0 Å². The molecule has 0 spiro atoms. The van der Waals surface area contributed by atoms with Crippen molar-refractivity contribution in [3.63, 3.8) is 0 Å². The molecule has 104 valence electrons. The normalized spacial score (nSPS) is 14.8. The van der Waals surface area contributed by atoms with Gasteiger partial charge in [-0.05, 0) is 61.5 Å². The zero-order valence-corrected chi connectivity index (χ0v) is 14.8. The molecule has 0 nitrogen and oxygen atoms in total. The Hall–Kier alpha value is 1.75. The summed E-state index contributed by atoms with van der Waals surface area (Å²) in [7, 11) is 0. The molecule has 0 aliphatic heterocycles. The number of hydrogen-bond donors (Lipinski definition) is 4. The summed E-state index contributed by atoms with van der Waals surface area (Å²) in [6.07, 6.45) is 7.41. The van der Waals surface area contributed by atoms with Crippen molar-refractivity contribution in [2.24, 2.45) is 0 Å². The van der Waals surface area contributed by atoms with Crippen LogP contribution in [-0.4, -0.2) is 33.5 Å². The van der Waals surface area contributed by atoms with Gasteiger partial charge in [-0.15, -0.1) is 0 Å². The first-order chi connectivity index (χ1) is 8.28. The third-order valence-electron chi connectivity index (χ3n) is 2.66. The van der Waals surface area contributed by atoms with Crippen molar-refractivity contribution < 1.29 is 0 Å². The first-order valence-corrected chi connectivity index (χ1v) is 9.84. The van der Waals surface area contributed by atoms with Crippen LogP contribution in [-0.2, 0) is 0 Å². The molecule has 0 radical (unpaired) electrons. The first-order valence-electron chi connectivity index (χ1n) is 6.37. The van der Waals surface area contributed by atoms with Crippen molar-refractivity contribution in [1.29, 1.82) is 0 Å². The Morgan fingerprint density at radius 1 is 0.588 bits per heavy atom. The average molecular weight is 331 g/mol. The van der Waals surface area contributed by atoms with E-state index in [0.29, 0.717) is 0 Å². The van der Waals surface area contributed by atoms with Crippen LogP contribution < -0.4 is 0 Å². The Morgan fingerprint density at radius 3 is 1.29 bits per heavy atom. The topological polar surface area (TPSA) is 0 Å². The van der Waals surface area contributed by atoms with E-state index in [9.17, 15) is 0 Å². The zero-order valence-electron chi connectivity index (χ0n) is 10.4. The van der Waals surface area contributed by atoms with Crippen LogP contribution in [0.2, 0.25) is 0 Å². The molecule has 0 aromatic carbocycles. The predicted molar refractivity (Wildman–Crippen MR) is 98.3 cm³/mol. The molecule has 0 aliphatic carbocycles. The summed E-state index contributed by atoms with van der Waals surface area (Å²) in [6.45, 7) is 0. The maximum absolute atomic E-state index is 4.37. The highest BCUT2D eigenvalue weighted by atomic mass is 32.2. The smallest absolute Gasteiger partial charge is 0.00578 e. The molecule has 2 unspecified atom stereocenters. The van der Waals surface area contributed by atoms with E-state index in [1.165, 1.54) is 38.5 Å². The molecule has 0 bridgehead atoms. The lowest BCUT2D eigenvalue weighted by atomic mass is 10.2. The molecule has 0 saturated heterocycles. The van der Waals surface area contributed by atoms with Gasteiger partial charge in [0.25, 0.3) is 0 Å². The second-order valence-electron chi connectivity index (χ2n) is 4.14. The van der Waals surface area contributed by atoms with E-state index in [0.717, 1.165) is 33.5 Å². The highest BCUT2D eigenvalue weighted by molar-refractivity contribution is 8.00. The van der Waals surface area contributed by atoms with Crippen LogP contribution in [0.25, 0.3) is 0 Å². The van der Waals surface area contributed by atoms with Crippen LogP contribution in [0.5, 0.6) is 0 Å². The highest BCUT2D eigenvalue weighted by Gasteiger charge is 2.15. The Kier molecular flexibility index (Phi) is 15.6. The van der Waals surface area contributed by atoms with Crippen LogP contribution in [0.1, 0.15) is 38.5 Å². The molecule has 0 saturated carbocycles. The Balaban J connectivity index is 4.02. The standard InChI is InChI=1S/C12H26S5/c13-7-1-3-11(5-9-15)17-12(6-10-16)4-2-8-14/h11-16H,1-10H2. The van der Waals surface area contributed by atoms with Crippen LogP contribution >= 0.6 is 62.3 Å². The highest BCUT2D eigenvalue weighted by Crippen LogP contribution is 2.30. The summed E-state index contributed by atoms with van der Waals surface area (Å²) < 4.78 is 0. The average Bonchev–Trinajstić information content (AvgIpc) is 2.33. The van der Waals surface area contributed by atoms with Crippen molar-refractivity contribution in [1.82, 2.24) is 0 Å². The van der Waals surface area contributed by atoms with Gasteiger partial charge in [-0.1, -0.05) is 0 Å². The van der Waals surface area contributed by atoms with E-state index in [2.05, 4.69) is 62.3 Å². The van der Waals surface area contributed by atoms with Gasteiger partial charge in [0.05, 0.1) is 0 Å². The van der Waals surface area contributed by atoms with Gasteiger partial charge in [-0.3, -0.25) is 0 Å². The van der Waals surface area contributed by atoms with Crippen molar-refractivity contribution in [2.75, 3.05) is 23.0 Å². The van der Waals surface area contributed by atoms with Crippen LogP contribution in [0.3, 0.4) is 0 Å². The fraction of sp³-hybridized carbons (Fsp3) is 1.00. The molecule has 5 heteroatoms. The minimum absolute atomic E-state index is 0.754. The van der Waals surface area contributed by atoms with Gasteiger partial charge in [0.1, 0.15) is 0 Å². The van der Waals surface area contributed by atoms with Crippen LogP contribution in [0.15, 0.2) is 0 Å². The molecule has 0 fully saturated rings. The third-order valence-corrected chi connectivity index (χ3v) is 5.52. The lowest BCUT2D eigenvalue weighted by Gasteiger charge is -2.22. The van der Waals surface area contributed by atoms with Gasteiger partial charge < -0.3 is 0 Å². The maximum Gasteiger partial charge on any atom is 0.00578 e. The maximum atomic E-state index is 4.37. The van der Waals surface area contributed by atoms with Gasteiger partial charge in [0.15, 0.2) is 0 Å². The van der Waals surface area contributed by atoms with Gasteiger partial charge in [0, 0.05) is 10.5 Å². The molecule has 2 atom stereocenters. The number of thiol groups is 4. The van der Waals surface area contributed by atoms with Gasteiger partial charge >= 0.3 is 0 Å². The largest absolute Gasteiger partial charge is 0.179 e. The van der Waals surface area contributed by atoms with Crippen LogP contribution in [0, 0.1) is 0 Å². The third kappa shape index (κ3) is 11.3. The number of rotatable bonds is 12. The van der Waals surface area contributed by atoms with Gasteiger partial charge in [0.2, 0.25) is 0 Å². The monoisotopic (exact) mass is 330 g/mol. The van der Waals surface area contributed by atoms with Crippen molar-refractivity contribution in [3.05, 3.63) is 0 Å². The summed E-state index contributed by atoms with van der Waals surface area (Å²) >= 11 is 19.5. The summed E-state index contributed by atoms with van der Waals surface area (Å²) in [6, 6.07) is 0. The molecular formula is C12H26S5. The second kappa shape index (κ2) is 14.2. The zero-order chi connectivity index (χ0) is 12.9. The van der Waals surface area contributed by atoms with E-state index in [-0.39, 0.29) is 0 Å². The Bertz CT molecular complexity index is 138. The first kappa shape index (κ1) is 18.8. The van der Waals surface area contributed by atoms with Gasteiger partial charge in [-0.25, -0.2) is 0 Å². The molecule has 0 aromatic rings. The lowest BCUT2D eigenvalue weighted by Crippen LogP contribution is -2.13. The molecule has 0 rings (SSSR count). The van der Waals surface area contributed by atoms with Crippen molar-refractivity contribution in [3.8, 4) is 0 Å². The van der Waals surface area contributed by atoms with Crippen molar-refractivity contribution in [2.45, 2.75) is 49.0 Å². The lowest BCUT2D eigenvalue weighted by molar-refractivity contribution is 0.695. The van der Waals surface area contributed by atoms with Crippen molar-refractivity contribution >= 4 is 62.3 Å². The van der Waals surface area contributed by atoms with Gasteiger partial charge in [-0.2, -0.15) is 62.3 Å². The quantitative estimate of drug-likeness (QED) is 0.382. The summed E-state index contributed by atoms with van der Waals surface area (Å²) in [5, 5.41) is 1.51. The van der Waals surface area contributed by atoms with E-state index < -0.39 is 0 Å². The Morgan fingerprint density at radius 2 is 1.00 bits per heavy atom. The number of hydrogen-bond acceptors (Lipinski definition) is 5. The molecule has 0 N–H and O–H groups in total. The van der Waals surface area contributed by atoms with E-state index in [4.69, 9.17) is 0 Å². The van der Waals surface area contributed by atoms with E-state index in [1.807, 2.05) is 0 Å². The summed E-state index contributed by atoms with van der Waals surface area (Å²) in [5.41, 5.74) is 0. The fourth-order valence-corrected chi connectivity index (χ4v) is 4.75. The fourth-order valence-electron chi connectivity index (χ4n) is 1.76. The predicted octanol–water partition coefficient (Wildman–Crippen LogP) is 4.52. The molecule has 17 heavy (non-hydrogen) atoms. The molecule has 0 amide bonds. The molecule has 0 heterocycles. The molecule has 0 aliphatic rings. The molecular weight excluding hydrogens is 304 g/mol.